The lowest BCUT2D eigenvalue weighted by atomic mass is 10.3. The van der Waals surface area contributed by atoms with Crippen LogP contribution in [0.25, 0.3) is 22.1 Å². The maximum Gasteiger partial charge on any atom is 0.316 e. The lowest BCUT2D eigenvalue weighted by Crippen LogP contribution is -2.07. The molecule has 7 heteroatoms. The van der Waals surface area contributed by atoms with Crippen molar-refractivity contribution in [3.63, 3.8) is 0 Å². The summed E-state index contributed by atoms with van der Waals surface area (Å²) in [4.78, 5) is 24.9. The molecule has 0 saturated carbocycles. The highest BCUT2D eigenvalue weighted by atomic mass is 32.2. The zero-order chi connectivity index (χ0) is 17.1. The largest absolute Gasteiger partial charge is 0.455 e. The number of thioether (sulfide) groups is 1. The summed E-state index contributed by atoms with van der Waals surface area (Å²) in [7, 11) is 0. The van der Waals surface area contributed by atoms with Crippen molar-refractivity contribution in [2.45, 2.75) is 11.6 Å². The van der Waals surface area contributed by atoms with E-state index in [-0.39, 0.29) is 18.3 Å². The molecule has 0 amide bonds. The number of para-hydroxylation sites is 4. The van der Waals surface area contributed by atoms with Crippen LogP contribution >= 0.6 is 11.8 Å². The predicted molar refractivity (Wildman–Crippen MR) is 94.1 cm³/mol. The molecule has 2 aromatic carbocycles. The summed E-state index contributed by atoms with van der Waals surface area (Å²) >= 11 is 1.28. The first-order valence-electron chi connectivity index (χ1n) is 7.62. The van der Waals surface area contributed by atoms with E-state index in [0.29, 0.717) is 16.5 Å². The van der Waals surface area contributed by atoms with Gasteiger partial charge >= 0.3 is 5.97 Å². The molecule has 25 heavy (non-hydrogen) atoms. The molecule has 0 aliphatic rings. The van der Waals surface area contributed by atoms with Gasteiger partial charge in [-0.2, -0.15) is 0 Å². The highest BCUT2D eigenvalue weighted by molar-refractivity contribution is 7.99. The number of fused-ring (bicyclic) bond motifs is 2. The number of hydrogen-bond acceptors (Lipinski definition) is 7. The van der Waals surface area contributed by atoms with E-state index in [1.54, 1.807) is 6.20 Å². The zero-order valence-corrected chi connectivity index (χ0v) is 13.9. The summed E-state index contributed by atoms with van der Waals surface area (Å²) in [5, 5.41) is 0.678. The summed E-state index contributed by atoms with van der Waals surface area (Å²) in [6.07, 6.45) is 1.65. The van der Waals surface area contributed by atoms with Crippen molar-refractivity contribution in [3.8, 4) is 0 Å². The van der Waals surface area contributed by atoms with Gasteiger partial charge in [0.05, 0.1) is 23.0 Å². The Balaban J connectivity index is 1.33. The molecule has 0 bridgehead atoms. The number of benzene rings is 2. The van der Waals surface area contributed by atoms with Crippen molar-refractivity contribution >= 4 is 39.9 Å². The standard InChI is InChI=1S/C18H13N3O3S/c22-18(23-10-16-20-14-7-3-4-8-15(14)24-16)11-25-17-9-19-12-5-1-2-6-13(12)21-17/h1-9H,10-11H2. The van der Waals surface area contributed by atoms with Gasteiger partial charge in [-0.1, -0.05) is 36.0 Å². The first kappa shape index (κ1) is 15.6. The number of rotatable bonds is 5. The van der Waals surface area contributed by atoms with E-state index >= 15 is 0 Å². The van der Waals surface area contributed by atoms with E-state index in [4.69, 9.17) is 9.15 Å². The molecular weight excluding hydrogens is 338 g/mol. The number of esters is 1. The molecule has 0 aliphatic heterocycles. The van der Waals surface area contributed by atoms with Gasteiger partial charge in [-0.05, 0) is 24.3 Å². The molecule has 4 rings (SSSR count). The van der Waals surface area contributed by atoms with Gasteiger partial charge in [0.15, 0.2) is 12.2 Å². The van der Waals surface area contributed by atoms with Crippen LogP contribution in [0.1, 0.15) is 5.89 Å². The van der Waals surface area contributed by atoms with E-state index in [9.17, 15) is 4.79 Å². The van der Waals surface area contributed by atoms with Crippen molar-refractivity contribution in [2.75, 3.05) is 5.75 Å². The number of hydrogen-bond donors (Lipinski definition) is 0. The number of ether oxygens (including phenoxy) is 1. The summed E-state index contributed by atoms with van der Waals surface area (Å²) < 4.78 is 10.7. The molecule has 4 aromatic rings. The second-order valence-corrected chi connectivity index (χ2v) is 6.22. The highest BCUT2D eigenvalue weighted by Gasteiger charge is 2.10. The number of carbonyl (C=O) groups excluding carboxylic acids is 1. The average molecular weight is 351 g/mol. The van der Waals surface area contributed by atoms with E-state index in [1.165, 1.54) is 11.8 Å². The van der Waals surface area contributed by atoms with E-state index in [1.807, 2.05) is 48.5 Å². The van der Waals surface area contributed by atoms with Crippen molar-refractivity contribution in [1.82, 2.24) is 15.0 Å². The molecule has 0 N–H and O–H groups in total. The average Bonchev–Trinajstić information content (AvgIpc) is 3.07. The first-order chi connectivity index (χ1) is 12.3. The van der Waals surface area contributed by atoms with Crippen molar-refractivity contribution < 1.29 is 13.9 Å². The molecular formula is C18H13N3O3S. The van der Waals surface area contributed by atoms with Crippen LogP contribution in [0.2, 0.25) is 0 Å². The topological polar surface area (TPSA) is 78.1 Å². The van der Waals surface area contributed by atoms with Gasteiger partial charge in [0.2, 0.25) is 5.89 Å². The second-order valence-electron chi connectivity index (χ2n) is 5.22. The normalized spacial score (nSPS) is 11.0. The summed E-state index contributed by atoms with van der Waals surface area (Å²) in [5.41, 5.74) is 3.04. The fourth-order valence-corrected chi connectivity index (χ4v) is 2.95. The van der Waals surface area contributed by atoms with E-state index in [2.05, 4.69) is 15.0 Å². The van der Waals surface area contributed by atoms with Gasteiger partial charge in [0.1, 0.15) is 10.5 Å². The van der Waals surface area contributed by atoms with Gasteiger partial charge in [-0.3, -0.25) is 9.78 Å². The Hall–Kier alpha value is -2.93. The second kappa shape index (κ2) is 6.90. The fourth-order valence-electron chi connectivity index (χ4n) is 2.31. The van der Waals surface area contributed by atoms with Crippen LogP contribution in [0.15, 0.2) is 64.2 Å². The molecule has 0 spiro atoms. The minimum atomic E-state index is -0.359. The van der Waals surface area contributed by atoms with Crippen LogP contribution in [0.5, 0.6) is 0 Å². The molecule has 0 fully saturated rings. The van der Waals surface area contributed by atoms with Crippen molar-refractivity contribution in [1.29, 1.82) is 0 Å². The molecule has 0 atom stereocenters. The lowest BCUT2D eigenvalue weighted by molar-refractivity contribution is -0.142. The van der Waals surface area contributed by atoms with Crippen LogP contribution in [0.4, 0.5) is 0 Å². The molecule has 0 radical (unpaired) electrons. The Labute approximate surface area is 147 Å². The summed E-state index contributed by atoms with van der Waals surface area (Å²) in [6.45, 7) is 0.0114. The van der Waals surface area contributed by atoms with Gasteiger partial charge in [0, 0.05) is 0 Å². The third-order valence-electron chi connectivity index (χ3n) is 3.46. The van der Waals surface area contributed by atoms with Gasteiger partial charge < -0.3 is 9.15 Å². The number of nitrogens with zero attached hydrogens (tertiary/aromatic N) is 3. The summed E-state index contributed by atoms with van der Waals surface area (Å²) in [6, 6.07) is 15.0. The van der Waals surface area contributed by atoms with Gasteiger partial charge in [-0.25, -0.2) is 9.97 Å². The molecule has 6 nitrogen and oxygen atoms in total. The Kier molecular flexibility index (Phi) is 4.30. The third kappa shape index (κ3) is 3.61. The van der Waals surface area contributed by atoms with Crippen molar-refractivity contribution in [3.05, 3.63) is 60.6 Å². The minimum Gasteiger partial charge on any atom is -0.455 e. The number of carbonyl (C=O) groups is 1. The predicted octanol–water partition coefficient (Wildman–Crippen LogP) is 3.61. The molecule has 2 aromatic heterocycles. The molecule has 2 heterocycles. The Morgan fingerprint density at radius 2 is 1.76 bits per heavy atom. The maximum absolute atomic E-state index is 11.9. The monoisotopic (exact) mass is 351 g/mol. The quantitative estimate of drug-likeness (QED) is 0.401. The van der Waals surface area contributed by atoms with Gasteiger partial charge in [0.25, 0.3) is 0 Å². The Morgan fingerprint density at radius 3 is 2.60 bits per heavy atom. The summed E-state index contributed by atoms with van der Waals surface area (Å²) in [5.74, 6) is 0.167. The maximum atomic E-state index is 11.9. The van der Waals surface area contributed by atoms with Crippen LogP contribution in [-0.2, 0) is 16.1 Å². The van der Waals surface area contributed by atoms with Crippen LogP contribution in [0.3, 0.4) is 0 Å². The SMILES string of the molecule is O=C(CSc1cnc2ccccc2n1)OCc1nc2ccccc2o1. The van der Waals surface area contributed by atoms with Crippen molar-refractivity contribution in [2.24, 2.45) is 0 Å². The van der Waals surface area contributed by atoms with Crippen LogP contribution in [0, 0.1) is 0 Å². The zero-order valence-electron chi connectivity index (χ0n) is 13.1. The molecule has 0 saturated heterocycles. The fraction of sp³-hybridized carbons (Fsp3) is 0.111. The Bertz CT molecular complexity index is 1010. The third-order valence-corrected chi connectivity index (χ3v) is 4.33. The molecule has 124 valence electrons. The van der Waals surface area contributed by atoms with E-state index < -0.39 is 0 Å². The number of aromatic nitrogens is 3. The molecule has 0 aliphatic carbocycles. The Morgan fingerprint density at radius 1 is 1.00 bits per heavy atom. The van der Waals surface area contributed by atoms with E-state index in [0.717, 1.165) is 16.6 Å². The lowest BCUT2D eigenvalue weighted by Gasteiger charge is -2.03. The number of oxazole rings is 1. The first-order valence-corrected chi connectivity index (χ1v) is 8.61. The van der Waals surface area contributed by atoms with Gasteiger partial charge in [-0.15, -0.1) is 0 Å². The smallest absolute Gasteiger partial charge is 0.316 e. The minimum absolute atomic E-state index is 0.0114. The molecule has 0 unspecified atom stereocenters. The van der Waals surface area contributed by atoms with Crippen LogP contribution in [-0.4, -0.2) is 26.7 Å². The highest BCUT2D eigenvalue weighted by Crippen LogP contribution is 2.19. The van der Waals surface area contributed by atoms with Crippen LogP contribution < -0.4 is 0 Å².